The standard InChI is InChI=1S/C25H26N2O3/c1-27(2)21(20-10-6-7-11-22(20)29-3)16-26-15-18-14-24(28)30-23-13-12-17-8-4-5-9-19(17)25(18)23/h4-14,21,26H,15-16H2,1-3H3/p+2/t21-/m1/s1. The van der Waals surface area contributed by atoms with E-state index in [0.717, 1.165) is 34.0 Å². The van der Waals surface area contributed by atoms with Gasteiger partial charge in [0.2, 0.25) is 0 Å². The topological polar surface area (TPSA) is 60.5 Å². The van der Waals surface area contributed by atoms with Crippen LogP contribution in [0.3, 0.4) is 0 Å². The van der Waals surface area contributed by atoms with Gasteiger partial charge in [-0.1, -0.05) is 42.5 Å². The molecule has 0 amide bonds. The van der Waals surface area contributed by atoms with Crippen LogP contribution in [0.25, 0.3) is 21.7 Å². The first-order valence-corrected chi connectivity index (χ1v) is 10.3. The molecule has 30 heavy (non-hydrogen) atoms. The number of hydrogen-bond acceptors (Lipinski definition) is 3. The molecule has 0 radical (unpaired) electrons. The van der Waals surface area contributed by atoms with Crippen LogP contribution in [0, 0.1) is 0 Å². The van der Waals surface area contributed by atoms with Crippen LogP contribution in [0.2, 0.25) is 0 Å². The number of quaternary nitrogens is 2. The quantitative estimate of drug-likeness (QED) is 0.365. The molecule has 0 unspecified atom stereocenters. The molecule has 0 bridgehead atoms. The summed E-state index contributed by atoms with van der Waals surface area (Å²) in [5, 5.41) is 5.54. The Morgan fingerprint density at radius 3 is 2.60 bits per heavy atom. The van der Waals surface area contributed by atoms with E-state index in [-0.39, 0.29) is 11.7 Å². The van der Waals surface area contributed by atoms with Gasteiger partial charge in [0.25, 0.3) is 0 Å². The molecule has 1 aromatic heterocycles. The van der Waals surface area contributed by atoms with E-state index in [0.29, 0.717) is 12.1 Å². The highest BCUT2D eigenvalue weighted by atomic mass is 16.5. The molecule has 0 fully saturated rings. The molecule has 1 atom stereocenters. The number of para-hydroxylation sites is 1. The van der Waals surface area contributed by atoms with E-state index < -0.39 is 0 Å². The van der Waals surface area contributed by atoms with Gasteiger partial charge in [-0.3, -0.25) is 0 Å². The molecule has 3 aromatic carbocycles. The molecule has 4 rings (SSSR count). The van der Waals surface area contributed by atoms with Crippen molar-refractivity contribution in [3.05, 3.63) is 88.3 Å². The summed E-state index contributed by atoms with van der Waals surface area (Å²) in [6.07, 6.45) is 0. The lowest BCUT2D eigenvalue weighted by Gasteiger charge is -2.22. The zero-order valence-electron chi connectivity index (χ0n) is 17.6. The molecule has 0 saturated carbocycles. The van der Waals surface area contributed by atoms with Crippen LogP contribution < -0.4 is 20.6 Å². The van der Waals surface area contributed by atoms with Gasteiger partial charge in [0.15, 0.2) is 6.04 Å². The molecule has 0 spiro atoms. The third-order valence-corrected chi connectivity index (χ3v) is 5.69. The summed E-state index contributed by atoms with van der Waals surface area (Å²) in [4.78, 5) is 13.5. The summed E-state index contributed by atoms with van der Waals surface area (Å²) in [7, 11) is 6.03. The van der Waals surface area contributed by atoms with Gasteiger partial charge in [0, 0.05) is 17.0 Å². The summed E-state index contributed by atoms with van der Waals surface area (Å²) in [5.41, 5.74) is 2.54. The molecule has 5 nitrogen and oxygen atoms in total. The molecule has 4 aromatic rings. The Labute approximate surface area is 175 Å². The molecule has 3 N–H and O–H groups in total. The molecule has 0 aliphatic carbocycles. The maximum absolute atomic E-state index is 12.1. The maximum atomic E-state index is 12.1. The van der Waals surface area contributed by atoms with Crippen molar-refractivity contribution >= 4 is 21.7 Å². The number of ether oxygens (including phenoxy) is 1. The molecular weight excluding hydrogens is 376 g/mol. The first-order chi connectivity index (χ1) is 14.6. The minimum absolute atomic E-state index is 0.268. The van der Waals surface area contributed by atoms with Gasteiger partial charge in [0.05, 0.1) is 26.8 Å². The average molecular weight is 405 g/mol. The van der Waals surface area contributed by atoms with Crippen LogP contribution in [0.15, 0.2) is 75.9 Å². The van der Waals surface area contributed by atoms with Gasteiger partial charge < -0.3 is 19.4 Å². The Hall–Kier alpha value is -3.15. The number of benzene rings is 3. The number of rotatable bonds is 7. The smallest absolute Gasteiger partial charge is 0.336 e. The van der Waals surface area contributed by atoms with E-state index in [1.54, 1.807) is 13.2 Å². The maximum Gasteiger partial charge on any atom is 0.336 e. The number of hydrogen-bond donors (Lipinski definition) is 2. The molecule has 1 heterocycles. The fraction of sp³-hybridized carbons (Fsp3) is 0.240. The fourth-order valence-electron chi connectivity index (χ4n) is 4.21. The van der Waals surface area contributed by atoms with Crippen LogP contribution in [0.5, 0.6) is 5.75 Å². The van der Waals surface area contributed by atoms with Crippen molar-refractivity contribution < 1.29 is 19.4 Å². The fourth-order valence-corrected chi connectivity index (χ4v) is 4.21. The first-order valence-electron chi connectivity index (χ1n) is 10.3. The van der Waals surface area contributed by atoms with Crippen LogP contribution >= 0.6 is 0 Å². The minimum Gasteiger partial charge on any atom is -0.496 e. The summed E-state index contributed by atoms with van der Waals surface area (Å²) < 4.78 is 11.1. The molecule has 0 aliphatic heterocycles. The van der Waals surface area contributed by atoms with Gasteiger partial charge in [-0.25, -0.2) is 4.79 Å². The number of fused-ring (bicyclic) bond motifs is 3. The van der Waals surface area contributed by atoms with Crippen LogP contribution in [0.4, 0.5) is 0 Å². The highest BCUT2D eigenvalue weighted by Crippen LogP contribution is 2.27. The van der Waals surface area contributed by atoms with E-state index in [9.17, 15) is 4.79 Å². The zero-order valence-corrected chi connectivity index (χ0v) is 17.6. The van der Waals surface area contributed by atoms with Gasteiger partial charge in [-0.15, -0.1) is 0 Å². The Morgan fingerprint density at radius 2 is 1.80 bits per heavy atom. The summed E-state index contributed by atoms with van der Waals surface area (Å²) in [6, 6.07) is 22.2. The lowest BCUT2D eigenvalue weighted by molar-refractivity contribution is -0.910. The van der Waals surface area contributed by atoms with Gasteiger partial charge in [-0.05, 0) is 29.0 Å². The second-order valence-corrected chi connectivity index (χ2v) is 7.85. The van der Waals surface area contributed by atoms with E-state index in [1.165, 1.54) is 10.5 Å². The summed E-state index contributed by atoms with van der Waals surface area (Å²) in [6.45, 7) is 1.57. The van der Waals surface area contributed by atoms with Gasteiger partial charge in [-0.2, -0.15) is 0 Å². The lowest BCUT2D eigenvalue weighted by Crippen LogP contribution is -3.09. The molecule has 154 valence electrons. The Morgan fingerprint density at radius 1 is 1.03 bits per heavy atom. The number of nitrogens with two attached hydrogens (primary N) is 1. The minimum atomic E-state index is -0.305. The third kappa shape index (κ3) is 3.95. The first kappa shape index (κ1) is 20.1. The number of likely N-dealkylation sites (N-methyl/N-ethyl adjacent to an activating group) is 1. The predicted octanol–water partition coefficient (Wildman–Crippen LogP) is 1.90. The molecular formula is C25H28N2O3+2. The van der Waals surface area contributed by atoms with Crippen molar-refractivity contribution in [2.75, 3.05) is 27.7 Å². The van der Waals surface area contributed by atoms with Gasteiger partial charge >= 0.3 is 5.63 Å². The lowest BCUT2D eigenvalue weighted by atomic mass is 10.0. The van der Waals surface area contributed by atoms with Crippen molar-refractivity contribution in [2.24, 2.45) is 0 Å². The summed E-state index contributed by atoms with van der Waals surface area (Å²) in [5.74, 6) is 0.911. The largest absolute Gasteiger partial charge is 0.496 e. The van der Waals surface area contributed by atoms with E-state index in [4.69, 9.17) is 9.15 Å². The highest BCUT2D eigenvalue weighted by Gasteiger charge is 2.23. The van der Waals surface area contributed by atoms with Crippen LogP contribution in [-0.2, 0) is 6.54 Å². The second kappa shape index (κ2) is 8.69. The Kier molecular flexibility index (Phi) is 5.84. The predicted molar refractivity (Wildman–Crippen MR) is 119 cm³/mol. The average Bonchev–Trinajstić information content (AvgIpc) is 2.76. The Balaban J connectivity index is 1.64. The van der Waals surface area contributed by atoms with Crippen molar-refractivity contribution in [3.8, 4) is 5.75 Å². The summed E-state index contributed by atoms with van der Waals surface area (Å²) >= 11 is 0. The Bertz CT molecular complexity index is 1230. The van der Waals surface area contributed by atoms with E-state index in [2.05, 4.69) is 43.7 Å². The molecule has 0 saturated heterocycles. The third-order valence-electron chi connectivity index (χ3n) is 5.69. The van der Waals surface area contributed by atoms with Crippen LogP contribution in [-0.4, -0.2) is 27.7 Å². The van der Waals surface area contributed by atoms with Crippen molar-refractivity contribution in [1.29, 1.82) is 0 Å². The highest BCUT2D eigenvalue weighted by molar-refractivity contribution is 6.06. The normalized spacial score (nSPS) is 12.5. The zero-order chi connectivity index (χ0) is 21.1. The number of methoxy groups -OCH3 is 1. The molecule has 0 aliphatic rings. The second-order valence-electron chi connectivity index (χ2n) is 7.85. The SMILES string of the molecule is COc1ccccc1[C@@H](C[NH2+]Cc1cc(=O)oc2ccc3ccccc3c12)[NH+](C)C. The number of nitrogens with one attached hydrogen (secondary N) is 1. The molecule has 5 heteroatoms. The van der Waals surface area contributed by atoms with Gasteiger partial charge in [0.1, 0.15) is 24.4 Å². The van der Waals surface area contributed by atoms with E-state index in [1.807, 2.05) is 36.4 Å². The van der Waals surface area contributed by atoms with Crippen molar-refractivity contribution in [3.63, 3.8) is 0 Å². The van der Waals surface area contributed by atoms with Crippen molar-refractivity contribution in [1.82, 2.24) is 0 Å². The van der Waals surface area contributed by atoms with E-state index >= 15 is 0 Å². The van der Waals surface area contributed by atoms with Crippen LogP contribution in [0.1, 0.15) is 17.2 Å². The monoisotopic (exact) mass is 404 g/mol. The van der Waals surface area contributed by atoms with Crippen molar-refractivity contribution in [2.45, 2.75) is 12.6 Å².